The molecule has 0 aromatic rings. The highest BCUT2D eigenvalue weighted by Gasteiger charge is 2.36. The quantitative estimate of drug-likeness (QED) is 0.791. The Kier molecular flexibility index (Phi) is 4.22. The summed E-state index contributed by atoms with van der Waals surface area (Å²) in [6.07, 6.45) is 5.09. The van der Waals surface area contributed by atoms with Crippen molar-refractivity contribution in [1.29, 1.82) is 0 Å². The maximum Gasteiger partial charge on any atom is 0.0483 e. The molecule has 2 fully saturated rings. The zero-order valence-electron chi connectivity index (χ0n) is 10.8. The lowest BCUT2D eigenvalue weighted by molar-refractivity contribution is -0.0313. The van der Waals surface area contributed by atoms with Gasteiger partial charge in [0.2, 0.25) is 0 Å². The number of piperidine rings is 1. The Labute approximate surface area is 99.5 Å². The Morgan fingerprint density at radius 3 is 2.81 bits per heavy atom. The number of likely N-dealkylation sites (tertiary alicyclic amines) is 1. The molecule has 0 aliphatic carbocycles. The van der Waals surface area contributed by atoms with Gasteiger partial charge in [0.05, 0.1) is 0 Å². The second kappa shape index (κ2) is 5.48. The first-order chi connectivity index (χ1) is 7.74. The lowest BCUT2D eigenvalue weighted by Gasteiger charge is -2.47. The molecule has 1 atom stereocenters. The summed E-state index contributed by atoms with van der Waals surface area (Å²) in [7, 11) is 0. The Hall–Kier alpha value is -0.120. The van der Waals surface area contributed by atoms with Crippen LogP contribution in [0.4, 0.5) is 0 Å². The number of hydrogen-bond acceptors (Lipinski definition) is 3. The monoisotopic (exact) mass is 226 g/mol. The number of likely N-dealkylation sites (N-methyl/N-ethyl adjacent to an activating group) is 1. The highest BCUT2D eigenvalue weighted by atomic mass is 16.5. The predicted molar refractivity (Wildman–Crippen MR) is 66.7 cm³/mol. The van der Waals surface area contributed by atoms with Crippen LogP contribution in [0.2, 0.25) is 0 Å². The Balaban J connectivity index is 1.92. The zero-order valence-corrected chi connectivity index (χ0v) is 10.8. The van der Waals surface area contributed by atoms with E-state index in [4.69, 9.17) is 4.74 Å². The molecular weight excluding hydrogens is 200 g/mol. The van der Waals surface area contributed by atoms with E-state index >= 15 is 0 Å². The van der Waals surface area contributed by atoms with Crippen LogP contribution in [0.15, 0.2) is 0 Å². The van der Waals surface area contributed by atoms with Crippen LogP contribution in [0, 0.1) is 0 Å². The van der Waals surface area contributed by atoms with Crippen LogP contribution in [0.1, 0.15) is 39.5 Å². The molecule has 0 aromatic heterocycles. The molecule has 0 radical (unpaired) electrons. The van der Waals surface area contributed by atoms with Crippen LogP contribution < -0.4 is 5.32 Å². The molecule has 1 unspecified atom stereocenters. The maximum absolute atomic E-state index is 5.49. The third kappa shape index (κ3) is 2.76. The van der Waals surface area contributed by atoms with Crippen molar-refractivity contribution in [2.45, 2.75) is 51.1 Å². The van der Waals surface area contributed by atoms with Crippen LogP contribution in [-0.2, 0) is 4.74 Å². The fourth-order valence-corrected chi connectivity index (χ4v) is 3.05. The molecule has 2 rings (SSSR count). The van der Waals surface area contributed by atoms with Crippen molar-refractivity contribution in [2.24, 2.45) is 0 Å². The third-order valence-corrected chi connectivity index (χ3v) is 4.25. The van der Waals surface area contributed by atoms with E-state index in [0.29, 0.717) is 11.6 Å². The minimum Gasteiger partial charge on any atom is -0.381 e. The highest BCUT2D eigenvalue weighted by molar-refractivity contribution is 4.92. The van der Waals surface area contributed by atoms with Gasteiger partial charge in [0, 0.05) is 31.3 Å². The van der Waals surface area contributed by atoms with Crippen molar-refractivity contribution in [2.75, 3.05) is 32.8 Å². The van der Waals surface area contributed by atoms with Gasteiger partial charge in [-0.05, 0) is 45.7 Å². The number of rotatable bonds is 3. The van der Waals surface area contributed by atoms with Gasteiger partial charge in [-0.2, -0.15) is 0 Å². The van der Waals surface area contributed by atoms with E-state index in [0.717, 1.165) is 19.8 Å². The van der Waals surface area contributed by atoms with E-state index < -0.39 is 0 Å². The van der Waals surface area contributed by atoms with Gasteiger partial charge in [0.15, 0.2) is 0 Å². The molecule has 2 aliphatic heterocycles. The summed E-state index contributed by atoms with van der Waals surface area (Å²) < 4.78 is 5.49. The molecule has 94 valence electrons. The molecule has 0 aromatic carbocycles. The largest absolute Gasteiger partial charge is 0.381 e. The fraction of sp³-hybridized carbons (Fsp3) is 1.00. The van der Waals surface area contributed by atoms with Crippen LogP contribution in [0.25, 0.3) is 0 Å². The van der Waals surface area contributed by atoms with E-state index in [9.17, 15) is 0 Å². The topological polar surface area (TPSA) is 24.5 Å². The zero-order chi connectivity index (χ0) is 11.4. The molecule has 16 heavy (non-hydrogen) atoms. The van der Waals surface area contributed by atoms with E-state index in [-0.39, 0.29) is 0 Å². The standard InChI is InChI=1S/C13H26N2O/c1-3-14-12-5-4-8-15(11-12)13(2)6-9-16-10-7-13/h12,14H,3-11H2,1-2H3. The summed E-state index contributed by atoms with van der Waals surface area (Å²) in [4.78, 5) is 2.70. The van der Waals surface area contributed by atoms with Crippen LogP contribution >= 0.6 is 0 Å². The molecule has 2 aliphatic rings. The summed E-state index contributed by atoms with van der Waals surface area (Å²) in [5.41, 5.74) is 0.395. The lowest BCUT2D eigenvalue weighted by Crippen LogP contribution is -2.57. The third-order valence-electron chi connectivity index (χ3n) is 4.25. The average Bonchev–Trinajstić information content (AvgIpc) is 2.31. The number of ether oxygens (including phenoxy) is 1. The van der Waals surface area contributed by atoms with Crippen molar-refractivity contribution in [3.63, 3.8) is 0 Å². The first-order valence-electron chi connectivity index (χ1n) is 6.81. The molecule has 0 spiro atoms. The smallest absolute Gasteiger partial charge is 0.0483 e. The summed E-state index contributed by atoms with van der Waals surface area (Å²) in [5, 5.41) is 3.60. The van der Waals surface area contributed by atoms with Gasteiger partial charge >= 0.3 is 0 Å². The second-order valence-electron chi connectivity index (χ2n) is 5.45. The van der Waals surface area contributed by atoms with Crippen LogP contribution in [0.5, 0.6) is 0 Å². The lowest BCUT2D eigenvalue weighted by atomic mass is 9.87. The second-order valence-corrected chi connectivity index (χ2v) is 5.45. The van der Waals surface area contributed by atoms with Gasteiger partial charge in [0.1, 0.15) is 0 Å². The molecular formula is C13H26N2O. The normalized spacial score (nSPS) is 31.5. The molecule has 0 bridgehead atoms. The van der Waals surface area contributed by atoms with Crippen LogP contribution in [0.3, 0.4) is 0 Å². The van der Waals surface area contributed by atoms with E-state index in [1.807, 2.05) is 0 Å². The van der Waals surface area contributed by atoms with Gasteiger partial charge < -0.3 is 10.1 Å². The number of nitrogens with one attached hydrogen (secondary N) is 1. The van der Waals surface area contributed by atoms with Gasteiger partial charge in [0.25, 0.3) is 0 Å². The van der Waals surface area contributed by atoms with Crippen molar-refractivity contribution >= 4 is 0 Å². The van der Waals surface area contributed by atoms with Crippen molar-refractivity contribution in [1.82, 2.24) is 10.2 Å². The van der Waals surface area contributed by atoms with E-state index in [1.54, 1.807) is 0 Å². The molecule has 3 nitrogen and oxygen atoms in total. The molecule has 1 N–H and O–H groups in total. The minimum atomic E-state index is 0.395. The molecule has 2 saturated heterocycles. The van der Waals surface area contributed by atoms with Gasteiger partial charge in [-0.3, -0.25) is 4.90 Å². The summed E-state index contributed by atoms with van der Waals surface area (Å²) in [6.45, 7) is 10.1. The Morgan fingerprint density at radius 2 is 2.12 bits per heavy atom. The minimum absolute atomic E-state index is 0.395. The van der Waals surface area contributed by atoms with E-state index in [1.165, 1.54) is 38.8 Å². The van der Waals surface area contributed by atoms with Crippen LogP contribution in [-0.4, -0.2) is 49.3 Å². The SMILES string of the molecule is CCNC1CCCN(C2(C)CCOCC2)C1. The molecule has 3 heteroatoms. The summed E-state index contributed by atoms with van der Waals surface area (Å²) in [5.74, 6) is 0. The average molecular weight is 226 g/mol. The Morgan fingerprint density at radius 1 is 1.38 bits per heavy atom. The van der Waals surface area contributed by atoms with Crippen molar-refractivity contribution in [3.05, 3.63) is 0 Å². The van der Waals surface area contributed by atoms with Crippen molar-refractivity contribution < 1.29 is 4.74 Å². The summed E-state index contributed by atoms with van der Waals surface area (Å²) >= 11 is 0. The van der Waals surface area contributed by atoms with Crippen molar-refractivity contribution in [3.8, 4) is 0 Å². The fourth-order valence-electron chi connectivity index (χ4n) is 3.05. The van der Waals surface area contributed by atoms with Gasteiger partial charge in [-0.1, -0.05) is 6.92 Å². The first-order valence-corrected chi connectivity index (χ1v) is 6.81. The number of hydrogen-bond donors (Lipinski definition) is 1. The highest BCUT2D eigenvalue weighted by Crippen LogP contribution is 2.30. The molecule has 0 saturated carbocycles. The Bertz CT molecular complexity index is 212. The maximum atomic E-state index is 5.49. The summed E-state index contributed by atoms with van der Waals surface area (Å²) in [6, 6.07) is 0.707. The predicted octanol–water partition coefficient (Wildman–Crippen LogP) is 1.63. The van der Waals surface area contributed by atoms with Gasteiger partial charge in [-0.15, -0.1) is 0 Å². The molecule has 0 amide bonds. The van der Waals surface area contributed by atoms with Gasteiger partial charge in [-0.25, -0.2) is 0 Å². The van der Waals surface area contributed by atoms with E-state index in [2.05, 4.69) is 24.1 Å². The molecule has 2 heterocycles. The first kappa shape index (κ1) is 12.3. The number of nitrogens with zero attached hydrogens (tertiary/aromatic N) is 1.